The highest BCUT2D eigenvalue weighted by molar-refractivity contribution is 7.79. The van der Waals surface area contributed by atoms with Gasteiger partial charge in [0.25, 0.3) is 0 Å². The third kappa shape index (κ3) is 1.57. The summed E-state index contributed by atoms with van der Waals surface area (Å²) in [6.45, 7) is 0. The molecule has 54 valence electrons. The molecule has 0 amide bonds. The molecule has 0 fully saturated rings. The highest BCUT2D eigenvalue weighted by Crippen LogP contribution is 2.20. The molecule has 1 aromatic carbocycles. The number of benzene rings is 1. The number of aromatic hydroxyl groups is 2. The molecule has 0 aliphatic rings. The fourth-order valence-electron chi connectivity index (χ4n) is 0.748. The van der Waals surface area contributed by atoms with Crippen molar-refractivity contribution in [3.05, 3.63) is 23.8 Å². The first-order valence-electron chi connectivity index (χ1n) is 2.85. The first-order chi connectivity index (χ1) is 4.72. The van der Waals surface area contributed by atoms with Crippen LogP contribution in [-0.2, 0) is 5.75 Å². The second-order valence-electron chi connectivity index (χ2n) is 2.02. The van der Waals surface area contributed by atoms with Gasteiger partial charge < -0.3 is 10.2 Å². The minimum Gasteiger partial charge on any atom is -0.508 e. The van der Waals surface area contributed by atoms with E-state index in [-0.39, 0.29) is 11.5 Å². The van der Waals surface area contributed by atoms with E-state index >= 15 is 0 Å². The molecule has 0 saturated heterocycles. The second kappa shape index (κ2) is 2.84. The summed E-state index contributed by atoms with van der Waals surface area (Å²) < 4.78 is 0. The third-order valence-corrected chi connectivity index (χ3v) is 1.51. The molecule has 0 aliphatic carbocycles. The molecule has 0 saturated carbocycles. The molecule has 0 atom stereocenters. The van der Waals surface area contributed by atoms with Crippen molar-refractivity contribution in [2.24, 2.45) is 0 Å². The molecule has 0 unspecified atom stereocenters. The highest BCUT2D eigenvalue weighted by Gasteiger charge is 1.95. The van der Waals surface area contributed by atoms with Crippen molar-refractivity contribution in [1.29, 1.82) is 0 Å². The van der Waals surface area contributed by atoms with Crippen LogP contribution in [0.2, 0.25) is 0 Å². The van der Waals surface area contributed by atoms with Crippen molar-refractivity contribution in [1.82, 2.24) is 0 Å². The highest BCUT2D eigenvalue weighted by atomic mass is 32.1. The van der Waals surface area contributed by atoms with Crippen LogP contribution in [0.25, 0.3) is 0 Å². The Bertz CT molecular complexity index is 215. The van der Waals surface area contributed by atoms with Crippen LogP contribution < -0.4 is 0 Å². The smallest absolute Gasteiger partial charge is 0.119 e. The number of rotatable bonds is 1. The minimum atomic E-state index is 0.0732. The van der Waals surface area contributed by atoms with E-state index in [1.807, 2.05) is 0 Å². The molecule has 0 aromatic heterocycles. The van der Waals surface area contributed by atoms with Gasteiger partial charge in [0.2, 0.25) is 0 Å². The maximum absolute atomic E-state index is 8.93. The molecule has 2 nitrogen and oxygen atoms in total. The van der Waals surface area contributed by atoms with Crippen LogP contribution in [0.15, 0.2) is 18.2 Å². The van der Waals surface area contributed by atoms with Crippen LogP contribution in [-0.4, -0.2) is 10.2 Å². The van der Waals surface area contributed by atoms with E-state index in [1.54, 1.807) is 12.1 Å². The Morgan fingerprint density at radius 3 is 2.00 bits per heavy atom. The first kappa shape index (κ1) is 7.28. The van der Waals surface area contributed by atoms with E-state index in [4.69, 9.17) is 10.2 Å². The van der Waals surface area contributed by atoms with Gasteiger partial charge in [-0.3, -0.25) is 0 Å². The van der Waals surface area contributed by atoms with E-state index in [0.29, 0.717) is 5.75 Å². The standard InChI is InChI=1S/C7H8O2S/c8-6-1-5(4-10)2-7(9)3-6/h1-3,8-10H,4H2. The largest absolute Gasteiger partial charge is 0.508 e. The number of thiol groups is 1. The molecule has 1 rings (SSSR count). The van der Waals surface area contributed by atoms with E-state index in [9.17, 15) is 0 Å². The maximum Gasteiger partial charge on any atom is 0.119 e. The molecule has 0 spiro atoms. The lowest BCUT2D eigenvalue weighted by atomic mass is 10.2. The van der Waals surface area contributed by atoms with E-state index in [2.05, 4.69) is 12.6 Å². The van der Waals surface area contributed by atoms with Gasteiger partial charge in [-0.05, 0) is 17.7 Å². The van der Waals surface area contributed by atoms with Gasteiger partial charge in [-0.2, -0.15) is 12.6 Å². The number of hydrogen-bond donors (Lipinski definition) is 3. The average molecular weight is 156 g/mol. The molecule has 2 N–H and O–H groups in total. The maximum atomic E-state index is 8.93. The van der Waals surface area contributed by atoms with Gasteiger partial charge in [-0.15, -0.1) is 0 Å². The number of phenols is 2. The monoisotopic (exact) mass is 156 g/mol. The molecule has 1 aromatic rings. The first-order valence-corrected chi connectivity index (χ1v) is 3.48. The number of phenolic OH excluding ortho intramolecular Hbond substituents is 2. The molecular weight excluding hydrogens is 148 g/mol. The normalized spacial score (nSPS) is 9.70. The zero-order valence-corrected chi connectivity index (χ0v) is 6.18. The second-order valence-corrected chi connectivity index (χ2v) is 2.33. The molecule has 0 radical (unpaired) electrons. The summed E-state index contributed by atoms with van der Waals surface area (Å²) in [7, 11) is 0. The Hall–Kier alpha value is -0.830. The number of hydrogen-bond acceptors (Lipinski definition) is 3. The zero-order chi connectivity index (χ0) is 7.56. The predicted octanol–water partition coefficient (Wildman–Crippen LogP) is 1.53. The van der Waals surface area contributed by atoms with Gasteiger partial charge in [0.05, 0.1) is 0 Å². The predicted molar refractivity (Wildman–Crippen MR) is 42.5 cm³/mol. The van der Waals surface area contributed by atoms with Crippen molar-refractivity contribution < 1.29 is 10.2 Å². The molecular formula is C7H8O2S. The van der Waals surface area contributed by atoms with E-state index in [0.717, 1.165) is 5.56 Å². The lowest BCUT2D eigenvalue weighted by molar-refractivity contribution is 0.450. The Balaban J connectivity index is 3.06. The Kier molecular flexibility index (Phi) is 2.06. The van der Waals surface area contributed by atoms with Crippen LogP contribution in [0.4, 0.5) is 0 Å². The fourth-order valence-corrected chi connectivity index (χ4v) is 0.930. The van der Waals surface area contributed by atoms with Gasteiger partial charge in [0.15, 0.2) is 0 Å². The SMILES string of the molecule is Oc1cc(O)cc(CS)c1. The minimum absolute atomic E-state index is 0.0732. The van der Waals surface area contributed by atoms with Crippen LogP contribution >= 0.6 is 12.6 Å². The van der Waals surface area contributed by atoms with E-state index < -0.39 is 0 Å². The summed E-state index contributed by atoms with van der Waals surface area (Å²) in [5.41, 5.74) is 0.806. The van der Waals surface area contributed by atoms with Crippen molar-refractivity contribution in [3.8, 4) is 11.5 Å². The van der Waals surface area contributed by atoms with Crippen molar-refractivity contribution in [2.75, 3.05) is 0 Å². The van der Waals surface area contributed by atoms with Crippen molar-refractivity contribution >= 4 is 12.6 Å². The van der Waals surface area contributed by atoms with Gasteiger partial charge in [-0.1, -0.05) is 0 Å². The molecule has 0 heterocycles. The third-order valence-electron chi connectivity index (χ3n) is 1.14. The zero-order valence-electron chi connectivity index (χ0n) is 5.28. The quantitative estimate of drug-likeness (QED) is 0.540. The fraction of sp³-hybridized carbons (Fsp3) is 0.143. The van der Waals surface area contributed by atoms with Gasteiger partial charge in [-0.25, -0.2) is 0 Å². The lowest BCUT2D eigenvalue weighted by Gasteiger charge is -1.97. The molecule has 0 bridgehead atoms. The molecule has 10 heavy (non-hydrogen) atoms. The lowest BCUT2D eigenvalue weighted by Crippen LogP contribution is -1.76. The van der Waals surface area contributed by atoms with Gasteiger partial charge in [0.1, 0.15) is 11.5 Å². The Labute approximate surface area is 64.5 Å². The van der Waals surface area contributed by atoms with Crippen LogP contribution in [0.1, 0.15) is 5.56 Å². The van der Waals surface area contributed by atoms with Crippen LogP contribution in [0.3, 0.4) is 0 Å². The Morgan fingerprint density at radius 1 is 1.10 bits per heavy atom. The summed E-state index contributed by atoms with van der Waals surface area (Å²) >= 11 is 3.98. The van der Waals surface area contributed by atoms with Crippen LogP contribution in [0.5, 0.6) is 11.5 Å². The summed E-state index contributed by atoms with van der Waals surface area (Å²) in [6.07, 6.45) is 0. The molecule has 3 heteroatoms. The van der Waals surface area contributed by atoms with Crippen LogP contribution in [0, 0.1) is 0 Å². The molecule has 0 aliphatic heterocycles. The van der Waals surface area contributed by atoms with Gasteiger partial charge >= 0.3 is 0 Å². The van der Waals surface area contributed by atoms with Gasteiger partial charge in [0, 0.05) is 11.8 Å². The summed E-state index contributed by atoms with van der Waals surface area (Å²) in [4.78, 5) is 0. The van der Waals surface area contributed by atoms with E-state index in [1.165, 1.54) is 6.07 Å². The van der Waals surface area contributed by atoms with Crippen molar-refractivity contribution in [3.63, 3.8) is 0 Å². The summed E-state index contributed by atoms with van der Waals surface area (Å²) in [5.74, 6) is 0.662. The summed E-state index contributed by atoms with van der Waals surface area (Å²) in [5, 5.41) is 17.9. The summed E-state index contributed by atoms with van der Waals surface area (Å²) in [6, 6.07) is 4.41. The topological polar surface area (TPSA) is 40.5 Å². The average Bonchev–Trinajstić information content (AvgIpc) is 1.85. The Morgan fingerprint density at radius 2 is 1.60 bits per heavy atom. The van der Waals surface area contributed by atoms with Crippen molar-refractivity contribution in [2.45, 2.75) is 5.75 Å².